The van der Waals surface area contributed by atoms with E-state index in [0.717, 1.165) is 5.56 Å². The van der Waals surface area contributed by atoms with Crippen LogP contribution in [-0.4, -0.2) is 44.0 Å². The number of ketones is 1. The van der Waals surface area contributed by atoms with Crippen LogP contribution in [-0.2, 0) is 35.1 Å². The molecule has 0 unspecified atom stereocenters. The summed E-state index contributed by atoms with van der Waals surface area (Å²) in [6, 6.07) is 9.70. The van der Waals surface area contributed by atoms with Gasteiger partial charge in [-0.15, -0.1) is 0 Å². The monoisotopic (exact) mass is 362 g/mol. The molecule has 1 aliphatic heterocycles. The molecule has 0 bridgehead atoms. The SMILES string of the molecule is CO[C@H](COCc1ccccc1)[C@@H]1O[C@@H](OC(=O)C(C)(C)C)C=CC1=O. The van der Waals surface area contributed by atoms with Crippen LogP contribution >= 0.6 is 0 Å². The van der Waals surface area contributed by atoms with Gasteiger partial charge in [-0.2, -0.15) is 0 Å². The Kier molecular flexibility index (Phi) is 7.08. The Bertz CT molecular complexity index is 631. The smallest absolute Gasteiger partial charge is 0.313 e. The van der Waals surface area contributed by atoms with E-state index in [2.05, 4.69) is 0 Å². The molecule has 0 aromatic heterocycles. The quantitative estimate of drug-likeness (QED) is 0.695. The van der Waals surface area contributed by atoms with Gasteiger partial charge in [0.25, 0.3) is 0 Å². The van der Waals surface area contributed by atoms with Crippen molar-refractivity contribution < 1.29 is 28.5 Å². The number of carbonyl (C=O) groups is 2. The molecule has 0 fully saturated rings. The maximum Gasteiger partial charge on any atom is 0.313 e. The predicted octanol–water partition coefficient (Wildman–Crippen LogP) is 2.66. The van der Waals surface area contributed by atoms with Crippen molar-refractivity contribution in [2.45, 2.75) is 45.9 Å². The fraction of sp³-hybridized carbons (Fsp3) is 0.500. The summed E-state index contributed by atoms with van der Waals surface area (Å²) >= 11 is 0. The van der Waals surface area contributed by atoms with Gasteiger partial charge in [0.05, 0.1) is 18.6 Å². The first kappa shape index (κ1) is 20.3. The third-order valence-electron chi connectivity index (χ3n) is 3.85. The lowest BCUT2D eigenvalue weighted by Gasteiger charge is -2.30. The lowest BCUT2D eigenvalue weighted by atomic mass is 9.97. The predicted molar refractivity (Wildman–Crippen MR) is 95.3 cm³/mol. The Morgan fingerprint density at radius 3 is 2.54 bits per heavy atom. The minimum absolute atomic E-state index is 0.176. The molecule has 0 amide bonds. The van der Waals surface area contributed by atoms with Gasteiger partial charge in [-0.25, -0.2) is 0 Å². The molecule has 1 heterocycles. The molecular weight excluding hydrogens is 336 g/mol. The van der Waals surface area contributed by atoms with Gasteiger partial charge in [0.1, 0.15) is 6.10 Å². The molecule has 0 spiro atoms. The van der Waals surface area contributed by atoms with Crippen molar-refractivity contribution in [3.8, 4) is 0 Å². The first-order chi connectivity index (χ1) is 12.3. The minimum Gasteiger partial charge on any atom is -0.431 e. The van der Waals surface area contributed by atoms with E-state index in [-0.39, 0.29) is 12.4 Å². The van der Waals surface area contributed by atoms with Crippen molar-refractivity contribution in [2.75, 3.05) is 13.7 Å². The van der Waals surface area contributed by atoms with Crippen LogP contribution in [0.1, 0.15) is 26.3 Å². The van der Waals surface area contributed by atoms with E-state index in [4.69, 9.17) is 18.9 Å². The van der Waals surface area contributed by atoms with Crippen LogP contribution in [0.5, 0.6) is 0 Å². The maximum absolute atomic E-state index is 12.2. The summed E-state index contributed by atoms with van der Waals surface area (Å²) in [5.41, 5.74) is 0.364. The Morgan fingerprint density at radius 2 is 1.92 bits per heavy atom. The molecule has 2 rings (SSSR count). The molecule has 0 saturated carbocycles. The second-order valence-electron chi connectivity index (χ2n) is 7.12. The molecule has 142 valence electrons. The summed E-state index contributed by atoms with van der Waals surface area (Å²) in [6.07, 6.45) is 0.375. The number of ether oxygens (including phenoxy) is 4. The van der Waals surface area contributed by atoms with Crippen LogP contribution in [0.3, 0.4) is 0 Å². The Morgan fingerprint density at radius 1 is 1.23 bits per heavy atom. The van der Waals surface area contributed by atoms with E-state index in [1.54, 1.807) is 20.8 Å². The molecule has 26 heavy (non-hydrogen) atoms. The highest BCUT2D eigenvalue weighted by Crippen LogP contribution is 2.21. The number of esters is 1. The molecule has 1 aromatic rings. The summed E-state index contributed by atoms with van der Waals surface area (Å²) in [4.78, 5) is 24.2. The van der Waals surface area contributed by atoms with E-state index in [9.17, 15) is 9.59 Å². The summed E-state index contributed by atoms with van der Waals surface area (Å²) in [6.45, 7) is 5.83. The number of hydrogen-bond donors (Lipinski definition) is 0. The fourth-order valence-corrected chi connectivity index (χ4v) is 2.29. The molecule has 0 radical (unpaired) electrons. The summed E-state index contributed by atoms with van der Waals surface area (Å²) < 4.78 is 22.0. The Hall–Kier alpha value is -2.02. The van der Waals surface area contributed by atoms with Crippen molar-refractivity contribution in [3.05, 3.63) is 48.0 Å². The van der Waals surface area contributed by atoms with Gasteiger partial charge < -0.3 is 18.9 Å². The van der Waals surface area contributed by atoms with Gasteiger partial charge in [-0.3, -0.25) is 9.59 Å². The van der Waals surface area contributed by atoms with Gasteiger partial charge in [0.2, 0.25) is 6.29 Å². The van der Waals surface area contributed by atoms with Crippen molar-refractivity contribution >= 4 is 11.8 Å². The van der Waals surface area contributed by atoms with Gasteiger partial charge >= 0.3 is 5.97 Å². The average Bonchev–Trinajstić information content (AvgIpc) is 2.61. The molecule has 1 aromatic carbocycles. The first-order valence-electron chi connectivity index (χ1n) is 8.54. The zero-order chi connectivity index (χ0) is 19.2. The molecule has 0 aliphatic carbocycles. The number of hydrogen-bond acceptors (Lipinski definition) is 6. The largest absolute Gasteiger partial charge is 0.431 e. The van der Waals surface area contributed by atoms with E-state index >= 15 is 0 Å². The number of benzene rings is 1. The molecule has 3 atom stereocenters. The summed E-state index contributed by atoms with van der Waals surface area (Å²) in [5, 5.41) is 0. The summed E-state index contributed by atoms with van der Waals surface area (Å²) in [5.74, 6) is -0.655. The highest BCUT2D eigenvalue weighted by Gasteiger charge is 2.36. The van der Waals surface area contributed by atoms with Gasteiger partial charge in [0, 0.05) is 7.11 Å². The van der Waals surface area contributed by atoms with Gasteiger partial charge in [0.15, 0.2) is 11.9 Å². The number of rotatable bonds is 7. The molecule has 6 heteroatoms. The first-order valence-corrected chi connectivity index (χ1v) is 8.54. The maximum atomic E-state index is 12.2. The van der Waals surface area contributed by atoms with E-state index < -0.39 is 29.9 Å². The standard InChI is InChI=1S/C20H26O6/c1-20(2,3)19(22)26-17-11-10-15(21)18(25-17)16(23-4)13-24-12-14-8-6-5-7-9-14/h5-11,16-18H,12-13H2,1-4H3/t16-,17+,18-/m1/s1. The van der Waals surface area contributed by atoms with Crippen LogP contribution in [0.25, 0.3) is 0 Å². The molecule has 0 saturated heterocycles. The zero-order valence-corrected chi connectivity index (χ0v) is 15.6. The average molecular weight is 362 g/mol. The lowest BCUT2D eigenvalue weighted by Crippen LogP contribution is -2.45. The summed E-state index contributed by atoms with van der Waals surface area (Å²) in [7, 11) is 1.49. The van der Waals surface area contributed by atoms with Crippen molar-refractivity contribution in [3.63, 3.8) is 0 Å². The normalized spacial score (nSPS) is 21.5. The third-order valence-corrected chi connectivity index (χ3v) is 3.85. The topological polar surface area (TPSA) is 71.1 Å². The highest BCUT2D eigenvalue weighted by molar-refractivity contribution is 5.94. The molecule has 1 aliphatic rings. The van der Waals surface area contributed by atoms with E-state index in [0.29, 0.717) is 6.61 Å². The second-order valence-corrected chi connectivity index (χ2v) is 7.12. The van der Waals surface area contributed by atoms with Crippen LogP contribution in [0, 0.1) is 5.41 Å². The third kappa shape index (κ3) is 5.76. The molecule has 0 N–H and O–H groups in total. The zero-order valence-electron chi connectivity index (χ0n) is 15.6. The van der Waals surface area contributed by atoms with E-state index in [1.165, 1.54) is 19.3 Å². The lowest BCUT2D eigenvalue weighted by molar-refractivity contribution is -0.202. The van der Waals surface area contributed by atoms with Crippen molar-refractivity contribution in [1.82, 2.24) is 0 Å². The fourth-order valence-electron chi connectivity index (χ4n) is 2.29. The van der Waals surface area contributed by atoms with Crippen molar-refractivity contribution in [1.29, 1.82) is 0 Å². The van der Waals surface area contributed by atoms with Crippen molar-refractivity contribution in [2.24, 2.45) is 5.41 Å². The van der Waals surface area contributed by atoms with Crippen LogP contribution in [0.2, 0.25) is 0 Å². The van der Waals surface area contributed by atoms with Crippen LogP contribution < -0.4 is 0 Å². The van der Waals surface area contributed by atoms with Gasteiger partial charge in [-0.1, -0.05) is 30.3 Å². The second kappa shape index (κ2) is 9.07. The van der Waals surface area contributed by atoms with Crippen LogP contribution in [0.15, 0.2) is 42.5 Å². The Labute approximate surface area is 154 Å². The number of methoxy groups -OCH3 is 1. The minimum atomic E-state index is -0.920. The highest BCUT2D eigenvalue weighted by atomic mass is 16.7. The molecular formula is C20H26O6. The van der Waals surface area contributed by atoms with Gasteiger partial charge in [-0.05, 0) is 38.5 Å². The Balaban J connectivity index is 1.92. The number of carbonyl (C=O) groups excluding carboxylic acids is 2. The van der Waals surface area contributed by atoms with Crippen LogP contribution in [0.4, 0.5) is 0 Å². The van der Waals surface area contributed by atoms with E-state index in [1.807, 2.05) is 30.3 Å². The molecule has 6 nitrogen and oxygen atoms in total.